The second-order valence-electron chi connectivity index (χ2n) is 8.98. The number of hydrogen-bond acceptors (Lipinski definition) is 9. The molecule has 14 heteroatoms. The Kier molecular flexibility index (Phi) is 13.3. The van der Waals surface area contributed by atoms with E-state index in [0.29, 0.717) is 37.1 Å². The number of primary amides is 1. The van der Waals surface area contributed by atoms with Crippen LogP contribution in [0.1, 0.15) is 42.2 Å². The smallest absolute Gasteiger partial charge is 0.253 e. The van der Waals surface area contributed by atoms with E-state index in [1.54, 1.807) is 12.1 Å². The molecule has 3 atom stereocenters. The summed E-state index contributed by atoms with van der Waals surface area (Å²) < 4.78 is 0. The van der Waals surface area contributed by atoms with Crippen LogP contribution >= 0.6 is 12.6 Å². The Morgan fingerprint density at radius 1 is 1.00 bits per heavy atom. The minimum atomic E-state index is -1.45. The first kappa shape index (κ1) is 32.5. The normalized spacial score (nSPS) is 13.1. The molecule has 40 heavy (non-hydrogen) atoms. The fourth-order valence-electron chi connectivity index (χ4n) is 3.78. The lowest BCUT2D eigenvalue weighted by Crippen LogP contribution is -2.58. The van der Waals surface area contributed by atoms with Gasteiger partial charge in [0.1, 0.15) is 18.1 Å². The predicted molar refractivity (Wildman–Crippen MR) is 152 cm³/mol. The Morgan fingerprint density at radius 2 is 1.68 bits per heavy atom. The van der Waals surface area contributed by atoms with Crippen LogP contribution in [0.4, 0.5) is 0 Å². The molecule has 9 N–H and O–H groups in total. The van der Waals surface area contributed by atoms with Crippen LogP contribution in [0.15, 0.2) is 30.3 Å². The third-order valence-electron chi connectivity index (χ3n) is 5.99. The Morgan fingerprint density at radius 3 is 2.30 bits per heavy atom. The predicted octanol–water partition coefficient (Wildman–Crippen LogP) is -1.48. The topological polar surface area (TPSA) is 219 Å². The molecule has 13 nitrogen and oxygen atoms in total. The number of aryl methyl sites for hydroxylation is 1. The molecule has 2 aromatic rings. The highest BCUT2D eigenvalue weighted by Gasteiger charge is 2.29. The van der Waals surface area contributed by atoms with E-state index in [2.05, 4.69) is 38.9 Å². The Balaban J connectivity index is 2.18. The highest BCUT2D eigenvalue weighted by molar-refractivity contribution is 7.80. The number of pyridine rings is 1. The molecule has 0 saturated carbocycles. The van der Waals surface area contributed by atoms with Gasteiger partial charge in [-0.3, -0.25) is 29.0 Å². The van der Waals surface area contributed by atoms with Gasteiger partial charge in [-0.1, -0.05) is 25.1 Å². The number of carbonyl (C=O) groups excluding carboxylic acids is 5. The first-order chi connectivity index (χ1) is 19.1. The van der Waals surface area contributed by atoms with Crippen LogP contribution < -0.4 is 32.7 Å². The van der Waals surface area contributed by atoms with Gasteiger partial charge in [-0.25, -0.2) is 0 Å². The first-order valence-electron chi connectivity index (χ1n) is 12.9. The lowest BCUT2D eigenvalue weighted by molar-refractivity contribution is -0.133. The number of aliphatic hydroxyl groups excluding tert-OH is 1. The van der Waals surface area contributed by atoms with Crippen molar-refractivity contribution in [2.75, 3.05) is 25.4 Å². The van der Waals surface area contributed by atoms with Gasteiger partial charge >= 0.3 is 0 Å². The van der Waals surface area contributed by atoms with Gasteiger partial charge < -0.3 is 37.8 Å². The Hall–Kier alpha value is -3.75. The summed E-state index contributed by atoms with van der Waals surface area (Å²) in [6.07, 6.45) is 0.611. The van der Waals surface area contributed by atoms with Crippen molar-refractivity contribution in [3.8, 4) is 0 Å². The lowest BCUT2D eigenvalue weighted by atomic mass is 10.0. The van der Waals surface area contributed by atoms with E-state index in [1.807, 2.05) is 25.1 Å². The molecule has 2 rings (SSSR count). The minimum absolute atomic E-state index is 0.0385. The fraction of sp³-hybridized carbons (Fsp3) is 0.462. The molecule has 0 bridgehead atoms. The molecule has 0 spiro atoms. The maximum absolute atomic E-state index is 13.2. The maximum atomic E-state index is 13.2. The number of amides is 5. The third kappa shape index (κ3) is 9.47. The molecular formula is C26H37N7O6S. The van der Waals surface area contributed by atoms with Gasteiger partial charge in [-0.05, 0) is 37.9 Å². The number of thiol groups is 1. The van der Waals surface area contributed by atoms with Crippen LogP contribution in [-0.4, -0.2) is 83.2 Å². The number of rotatable bonds is 16. The number of benzene rings is 1. The van der Waals surface area contributed by atoms with Crippen molar-refractivity contribution >= 4 is 53.1 Å². The number of fused-ring (bicyclic) bond motifs is 1. The zero-order chi connectivity index (χ0) is 29.7. The van der Waals surface area contributed by atoms with Crippen LogP contribution in [0.25, 0.3) is 10.9 Å². The molecule has 0 unspecified atom stereocenters. The summed E-state index contributed by atoms with van der Waals surface area (Å²) in [6, 6.07) is 5.18. The number of aliphatic hydroxyl groups is 1. The summed E-state index contributed by atoms with van der Waals surface area (Å²) in [5.41, 5.74) is 12.2. The zero-order valence-electron chi connectivity index (χ0n) is 22.3. The Labute approximate surface area is 237 Å². The van der Waals surface area contributed by atoms with E-state index in [9.17, 15) is 29.1 Å². The number of hydrogen-bond donors (Lipinski definition) is 8. The van der Waals surface area contributed by atoms with Crippen molar-refractivity contribution in [2.24, 2.45) is 11.5 Å². The molecule has 0 aliphatic rings. The number of para-hydroxylation sites is 1. The van der Waals surface area contributed by atoms with Gasteiger partial charge in [0.05, 0.1) is 23.4 Å². The highest BCUT2D eigenvalue weighted by atomic mass is 32.1. The summed E-state index contributed by atoms with van der Waals surface area (Å²) in [6.45, 7) is 1.73. The average molecular weight is 576 g/mol. The van der Waals surface area contributed by atoms with Gasteiger partial charge in [-0.2, -0.15) is 12.6 Å². The molecule has 0 saturated heterocycles. The molecule has 0 aliphatic carbocycles. The number of carbonyl (C=O) groups is 5. The molecule has 0 aliphatic heterocycles. The highest BCUT2D eigenvalue weighted by Crippen LogP contribution is 2.18. The van der Waals surface area contributed by atoms with E-state index in [0.717, 1.165) is 5.39 Å². The second-order valence-corrected chi connectivity index (χ2v) is 9.35. The maximum Gasteiger partial charge on any atom is 0.253 e. The molecule has 218 valence electrons. The van der Waals surface area contributed by atoms with Crippen LogP contribution in [0.5, 0.6) is 0 Å². The fourth-order valence-corrected chi connectivity index (χ4v) is 4.04. The van der Waals surface area contributed by atoms with Gasteiger partial charge in [0, 0.05) is 24.1 Å². The quantitative estimate of drug-likeness (QED) is 0.0869. The van der Waals surface area contributed by atoms with Crippen LogP contribution in [0.2, 0.25) is 0 Å². The monoisotopic (exact) mass is 575 g/mol. The largest absolute Gasteiger partial charge is 0.394 e. The van der Waals surface area contributed by atoms with Crippen molar-refractivity contribution in [1.82, 2.24) is 26.3 Å². The van der Waals surface area contributed by atoms with Gasteiger partial charge in [0.25, 0.3) is 5.91 Å². The van der Waals surface area contributed by atoms with E-state index >= 15 is 0 Å². The summed E-state index contributed by atoms with van der Waals surface area (Å²) in [5, 5.41) is 20.5. The van der Waals surface area contributed by atoms with E-state index in [-0.39, 0.29) is 24.2 Å². The SMILES string of the molecule is CCc1nc2ccccc2cc1C(=O)N[C@@H](CCC(N)=O)C(=O)N[C@@H](CO)C(=O)N[C@@H](CS)C(=O)NCCCN. The van der Waals surface area contributed by atoms with Gasteiger partial charge in [0.15, 0.2) is 0 Å². The molecular weight excluding hydrogens is 538 g/mol. The van der Waals surface area contributed by atoms with Gasteiger partial charge in [0.2, 0.25) is 23.6 Å². The third-order valence-corrected chi connectivity index (χ3v) is 6.36. The van der Waals surface area contributed by atoms with E-state index < -0.39 is 54.3 Å². The number of nitrogens with one attached hydrogen (secondary N) is 4. The average Bonchev–Trinajstić information content (AvgIpc) is 2.95. The zero-order valence-corrected chi connectivity index (χ0v) is 23.2. The van der Waals surface area contributed by atoms with E-state index in [4.69, 9.17) is 11.5 Å². The Bertz CT molecular complexity index is 1210. The number of nitrogens with zero attached hydrogens (tertiary/aromatic N) is 1. The molecule has 0 fully saturated rings. The lowest BCUT2D eigenvalue weighted by Gasteiger charge is -2.24. The summed E-state index contributed by atoms with van der Waals surface area (Å²) in [7, 11) is 0. The second kappa shape index (κ2) is 16.4. The molecule has 1 aromatic carbocycles. The molecule has 5 amide bonds. The van der Waals surface area contributed by atoms with Crippen LogP contribution in [0.3, 0.4) is 0 Å². The number of aromatic nitrogens is 1. The standard InChI is InChI=1S/C26H37N7O6S/c1-2-17-16(12-15-6-3-4-7-18(15)30-17)23(36)31-19(8-9-22(28)35)25(38)32-20(13-34)26(39)33-21(14-40)24(37)29-11-5-10-27/h3-4,6-7,12,19-21,34,40H,2,5,8-11,13-14,27H2,1H3,(H2,28,35)(H,29,37)(H,31,36)(H,32,38)(H,33,39)/t19-,20-,21-/m0/s1. The van der Waals surface area contributed by atoms with Crippen LogP contribution in [0, 0.1) is 0 Å². The van der Waals surface area contributed by atoms with E-state index in [1.165, 1.54) is 0 Å². The molecule has 1 heterocycles. The van der Waals surface area contributed by atoms with Crippen molar-refractivity contribution in [3.63, 3.8) is 0 Å². The van der Waals surface area contributed by atoms with Crippen LogP contribution in [-0.2, 0) is 25.6 Å². The van der Waals surface area contributed by atoms with Crippen molar-refractivity contribution in [2.45, 2.75) is 50.7 Å². The first-order valence-corrected chi connectivity index (χ1v) is 13.6. The minimum Gasteiger partial charge on any atom is -0.394 e. The summed E-state index contributed by atoms with van der Waals surface area (Å²) in [5.74, 6) is -3.50. The summed E-state index contributed by atoms with van der Waals surface area (Å²) in [4.78, 5) is 67.4. The van der Waals surface area contributed by atoms with Gasteiger partial charge in [-0.15, -0.1) is 0 Å². The van der Waals surface area contributed by atoms with Crippen molar-refractivity contribution in [3.05, 3.63) is 41.6 Å². The summed E-state index contributed by atoms with van der Waals surface area (Å²) >= 11 is 4.09. The van der Waals surface area contributed by atoms with Crippen molar-refractivity contribution < 1.29 is 29.1 Å². The molecule has 1 aromatic heterocycles. The van der Waals surface area contributed by atoms with Crippen molar-refractivity contribution in [1.29, 1.82) is 0 Å². The molecule has 0 radical (unpaired) electrons. The number of nitrogens with two attached hydrogens (primary N) is 2.